The zero-order chi connectivity index (χ0) is 14.9. The van der Waals surface area contributed by atoms with Crippen molar-refractivity contribution in [2.24, 2.45) is 0 Å². The summed E-state index contributed by atoms with van der Waals surface area (Å²) < 4.78 is 49.6. The summed E-state index contributed by atoms with van der Waals surface area (Å²) in [6.07, 6.45) is -4.64. The molecule has 0 spiro atoms. The Morgan fingerprint density at radius 2 is 1.85 bits per heavy atom. The molecule has 0 radical (unpaired) electrons. The summed E-state index contributed by atoms with van der Waals surface area (Å²) in [5.41, 5.74) is 0.252. The van der Waals surface area contributed by atoms with E-state index in [1.54, 1.807) is 6.07 Å². The number of ether oxygens (including phenoxy) is 2. The van der Waals surface area contributed by atoms with E-state index >= 15 is 0 Å². The zero-order valence-corrected chi connectivity index (χ0v) is 10.7. The van der Waals surface area contributed by atoms with E-state index < -0.39 is 18.5 Å². The number of aromatic nitrogens is 2. The highest BCUT2D eigenvalue weighted by molar-refractivity contribution is 5.81. The number of rotatable bonds is 3. The van der Waals surface area contributed by atoms with Crippen molar-refractivity contribution in [2.45, 2.75) is 12.7 Å². The molecule has 0 aliphatic rings. The van der Waals surface area contributed by atoms with Gasteiger partial charge in [0.1, 0.15) is 6.54 Å². The number of methoxy groups -OCH3 is 2. The molecule has 0 fully saturated rings. The van der Waals surface area contributed by atoms with E-state index in [1.807, 2.05) is 0 Å². The van der Waals surface area contributed by atoms with Crippen molar-refractivity contribution < 1.29 is 22.6 Å². The third-order valence-electron chi connectivity index (χ3n) is 2.74. The van der Waals surface area contributed by atoms with Gasteiger partial charge in [0.15, 0.2) is 11.5 Å². The van der Waals surface area contributed by atoms with Crippen LogP contribution in [0.3, 0.4) is 0 Å². The second-order valence-electron chi connectivity index (χ2n) is 3.87. The fourth-order valence-electron chi connectivity index (χ4n) is 1.90. The molecule has 1 heterocycles. The van der Waals surface area contributed by atoms with Gasteiger partial charge < -0.3 is 14.0 Å². The first kappa shape index (κ1) is 14.0. The summed E-state index contributed by atoms with van der Waals surface area (Å²) in [5.74, 6) is -0.576. The van der Waals surface area contributed by atoms with Crippen LogP contribution in [0.4, 0.5) is 13.2 Å². The minimum Gasteiger partial charge on any atom is -0.493 e. The number of benzene rings is 1. The van der Waals surface area contributed by atoms with Crippen LogP contribution >= 0.6 is 0 Å². The Morgan fingerprint density at radius 3 is 2.35 bits per heavy atom. The molecule has 0 aliphatic heterocycles. The molecule has 20 heavy (non-hydrogen) atoms. The first-order valence-electron chi connectivity index (χ1n) is 5.48. The third-order valence-corrected chi connectivity index (χ3v) is 2.74. The van der Waals surface area contributed by atoms with Gasteiger partial charge in [0, 0.05) is 12.1 Å². The van der Waals surface area contributed by atoms with Crippen molar-refractivity contribution in [2.75, 3.05) is 14.2 Å². The minimum atomic E-state index is -4.64. The van der Waals surface area contributed by atoms with Gasteiger partial charge in [0.05, 0.1) is 31.3 Å². The van der Waals surface area contributed by atoms with Crippen LogP contribution in [0.5, 0.6) is 11.5 Å². The van der Waals surface area contributed by atoms with Crippen molar-refractivity contribution in [3.05, 3.63) is 18.0 Å². The van der Waals surface area contributed by atoms with Crippen LogP contribution in [0, 0.1) is 11.3 Å². The maximum Gasteiger partial charge on any atom is 0.449 e. The van der Waals surface area contributed by atoms with E-state index in [9.17, 15) is 13.2 Å². The molecule has 8 heteroatoms. The monoisotopic (exact) mass is 285 g/mol. The molecule has 0 bridgehead atoms. The average Bonchev–Trinajstić information content (AvgIpc) is 2.75. The van der Waals surface area contributed by atoms with E-state index in [0.717, 1.165) is 4.57 Å². The quantitative estimate of drug-likeness (QED) is 0.869. The lowest BCUT2D eigenvalue weighted by Crippen LogP contribution is -2.14. The second-order valence-corrected chi connectivity index (χ2v) is 3.87. The second kappa shape index (κ2) is 4.92. The molecular weight excluding hydrogens is 275 g/mol. The van der Waals surface area contributed by atoms with Gasteiger partial charge in [-0.2, -0.15) is 18.4 Å². The highest BCUT2D eigenvalue weighted by Crippen LogP contribution is 2.36. The SMILES string of the molecule is COc1cc2nc(C(F)(F)F)n(CC#N)c2cc1OC. The Balaban J connectivity index is 2.78. The van der Waals surface area contributed by atoms with Crippen LogP contribution in [0.2, 0.25) is 0 Å². The summed E-state index contributed by atoms with van der Waals surface area (Å²) in [6, 6.07) is 4.41. The topological polar surface area (TPSA) is 60.1 Å². The molecule has 0 amide bonds. The lowest BCUT2D eigenvalue weighted by molar-refractivity contribution is -0.146. The van der Waals surface area contributed by atoms with Crippen LogP contribution in [-0.4, -0.2) is 23.8 Å². The van der Waals surface area contributed by atoms with Gasteiger partial charge >= 0.3 is 6.18 Å². The standard InChI is InChI=1S/C12H10F3N3O2/c1-19-9-5-7-8(6-10(9)20-2)18(4-3-16)11(17-7)12(13,14)15/h5-6H,4H2,1-2H3. The number of hydrogen-bond acceptors (Lipinski definition) is 4. The third kappa shape index (κ3) is 2.22. The van der Waals surface area contributed by atoms with Crippen molar-refractivity contribution in [3.63, 3.8) is 0 Å². The van der Waals surface area contributed by atoms with Gasteiger partial charge in [-0.1, -0.05) is 0 Å². The van der Waals surface area contributed by atoms with Gasteiger partial charge in [0.25, 0.3) is 0 Å². The molecule has 0 atom stereocenters. The smallest absolute Gasteiger partial charge is 0.449 e. The Labute approximate surface area is 112 Å². The molecule has 1 aromatic heterocycles. The van der Waals surface area contributed by atoms with E-state index in [2.05, 4.69) is 4.98 Å². The van der Waals surface area contributed by atoms with Gasteiger partial charge in [-0.25, -0.2) is 4.98 Å². The van der Waals surface area contributed by atoms with Gasteiger partial charge in [-0.15, -0.1) is 0 Å². The Hall–Kier alpha value is -2.43. The average molecular weight is 285 g/mol. The minimum absolute atomic E-state index is 0.0882. The van der Waals surface area contributed by atoms with E-state index in [4.69, 9.17) is 14.7 Å². The van der Waals surface area contributed by atoms with Crippen LogP contribution in [-0.2, 0) is 12.7 Å². The zero-order valence-electron chi connectivity index (χ0n) is 10.7. The summed E-state index contributed by atoms with van der Waals surface area (Å²) in [4.78, 5) is 3.54. The largest absolute Gasteiger partial charge is 0.493 e. The number of nitrogens with zero attached hydrogens (tertiary/aromatic N) is 3. The highest BCUT2D eigenvalue weighted by Gasteiger charge is 2.37. The first-order valence-corrected chi connectivity index (χ1v) is 5.48. The predicted molar refractivity (Wildman–Crippen MR) is 63.5 cm³/mol. The van der Waals surface area contributed by atoms with Crippen molar-refractivity contribution in [1.82, 2.24) is 9.55 Å². The molecule has 106 valence electrons. The van der Waals surface area contributed by atoms with Gasteiger partial charge in [-0.3, -0.25) is 0 Å². The first-order chi connectivity index (χ1) is 9.42. The molecule has 2 rings (SSSR count). The van der Waals surface area contributed by atoms with Crippen molar-refractivity contribution >= 4 is 11.0 Å². The molecule has 2 aromatic rings. The predicted octanol–water partition coefficient (Wildman–Crippen LogP) is 2.60. The van der Waals surface area contributed by atoms with Crippen LogP contribution in [0.15, 0.2) is 12.1 Å². The van der Waals surface area contributed by atoms with E-state index in [1.165, 1.54) is 26.4 Å². The summed E-state index contributed by atoms with van der Waals surface area (Å²) >= 11 is 0. The van der Waals surface area contributed by atoms with Crippen LogP contribution in [0.1, 0.15) is 5.82 Å². The molecular formula is C12H10F3N3O2. The molecule has 0 unspecified atom stereocenters. The van der Waals surface area contributed by atoms with E-state index in [-0.39, 0.29) is 22.5 Å². The fourth-order valence-corrected chi connectivity index (χ4v) is 1.90. The number of alkyl halides is 3. The molecule has 1 aromatic carbocycles. The molecule has 0 aliphatic carbocycles. The summed E-state index contributed by atoms with van der Waals surface area (Å²) in [6.45, 7) is -0.458. The van der Waals surface area contributed by atoms with Crippen LogP contribution < -0.4 is 9.47 Å². The van der Waals surface area contributed by atoms with E-state index in [0.29, 0.717) is 0 Å². The number of halogens is 3. The molecule has 0 N–H and O–H groups in total. The van der Waals surface area contributed by atoms with Crippen molar-refractivity contribution in [3.8, 4) is 17.6 Å². The maximum atomic E-state index is 12.9. The van der Waals surface area contributed by atoms with Crippen LogP contribution in [0.25, 0.3) is 11.0 Å². The Bertz CT molecular complexity index is 686. The number of imidazole rings is 1. The fraction of sp³-hybridized carbons (Fsp3) is 0.333. The molecule has 0 saturated carbocycles. The normalized spacial score (nSPS) is 11.4. The summed E-state index contributed by atoms with van der Waals surface area (Å²) in [7, 11) is 2.75. The van der Waals surface area contributed by atoms with Gasteiger partial charge in [0.2, 0.25) is 5.82 Å². The maximum absolute atomic E-state index is 12.9. The van der Waals surface area contributed by atoms with Gasteiger partial charge in [-0.05, 0) is 0 Å². The lowest BCUT2D eigenvalue weighted by atomic mass is 10.2. The number of hydrogen-bond donors (Lipinski definition) is 0. The number of nitriles is 1. The Kier molecular flexibility index (Phi) is 3.44. The number of fused-ring (bicyclic) bond motifs is 1. The molecule has 5 nitrogen and oxygen atoms in total. The van der Waals surface area contributed by atoms with Crippen molar-refractivity contribution in [1.29, 1.82) is 5.26 Å². The molecule has 0 saturated heterocycles. The highest BCUT2D eigenvalue weighted by atomic mass is 19.4. The summed E-state index contributed by atoms with van der Waals surface area (Å²) in [5, 5.41) is 8.69. The Morgan fingerprint density at radius 1 is 1.25 bits per heavy atom. The lowest BCUT2D eigenvalue weighted by Gasteiger charge is -2.09.